The molecule has 17 heavy (non-hydrogen) atoms. The number of para-hydroxylation sites is 2. The number of aryl methyl sites for hydroxylation is 1. The van der Waals surface area contributed by atoms with Gasteiger partial charge in [0.2, 0.25) is 5.95 Å². The zero-order valence-electron chi connectivity index (χ0n) is 9.40. The van der Waals surface area contributed by atoms with Crippen LogP contribution in [0.25, 0.3) is 11.0 Å². The van der Waals surface area contributed by atoms with Crippen LogP contribution in [-0.2, 0) is 6.54 Å². The van der Waals surface area contributed by atoms with E-state index in [1.54, 1.807) is 11.3 Å². The number of aromatic nitrogens is 3. The molecule has 0 spiro atoms. The van der Waals surface area contributed by atoms with Crippen molar-refractivity contribution in [2.45, 2.75) is 13.5 Å². The van der Waals surface area contributed by atoms with Crippen LogP contribution in [0.5, 0.6) is 0 Å². The molecule has 86 valence electrons. The number of aromatic amines is 1. The minimum Gasteiger partial charge on any atom is -0.350 e. The number of nitrogens with one attached hydrogen (secondary N) is 2. The number of hydrogen-bond acceptors (Lipinski definition) is 4. The summed E-state index contributed by atoms with van der Waals surface area (Å²) in [6.45, 7) is 2.71. The topological polar surface area (TPSA) is 53.6 Å². The predicted octanol–water partition coefficient (Wildman–Crippen LogP) is 2.94. The van der Waals surface area contributed by atoms with Gasteiger partial charge in [-0.05, 0) is 19.1 Å². The van der Waals surface area contributed by atoms with Crippen LogP contribution in [0.1, 0.15) is 10.7 Å². The minimum absolute atomic E-state index is 0.699. The van der Waals surface area contributed by atoms with Crippen molar-refractivity contribution in [1.29, 1.82) is 0 Å². The summed E-state index contributed by atoms with van der Waals surface area (Å²) in [6, 6.07) is 7.98. The molecule has 3 aromatic rings. The lowest BCUT2D eigenvalue weighted by molar-refractivity contribution is 1.03. The minimum atomic E-state index is 0.699. The number of nitrogens with zero attached hydrogens (tertiary/aromatic N) is 2. The molecule has 0 saturated heterocycles. The maximum Gasteiger partial charge on any atom is 0.201 e. The van der Waals surface area contributed by atoms with Crippen LogP contribution in [0.15, 0.2) is 29.6 Å². The van der Waals surface area contributed by atoms with Crippen molar-refractivity contribution in [3.05, 3.63) is 40.3 Å². The third kappa shape index (κ3) is 2.14. The first-order valence-electron chi connectivity index (χ1n) is 5.41. The molecule has 0 unspecified atom stereocenters. The number of imidazole rings is 1. The first-order chi connectivity index (χ1) is 8.31. The Hall–Kier alpha value is -1.88. The normalized spacial score (nSPS) is 10.9. The predicted molar refractivity (Wildman–Crippen MR) is 70.3 cm³/mol. The van der Waals surface area contributed by atoms with E-state index in [9.17, 15) is 0 Å². The van der Waals surface area contributed by atoms with E-state index in [0.717, 1.165) is 27.7 Å². The van der Waals surface area contributed by atoms with Crippen molar-refractivity contribution < 1.29 is 0 Å². The average Bonchev–Trinajstić information content (AvgIpc) is 2.91. The first kappa shape index (κ1) is 10.3. The molecule has 2 heterocycles. The van der Waals surface area contributed by atoms with Crippen LogP contribution in [-0.4, -0.2) is 15.0 Å². The molecule has 0 aliphatic carbocycles. The average molecular weight is 244 g/mol. The Morgan fingerprint density at radius 1 is 1.29 bits per heavy atom. The zero-order chi connectivity index (χ0) is 11.7. The van der Waals surface area contributed by atoms with Gasteiger partial charge >= 0.3 is 0 Å². The Balaban J connectivity index is 1.76. The molecule has 0 saturated carbocycles. The van der Waals surface area contributed by atoms with Gasteiger partial charge in [-0.3, -0.25) is 0 Å². The molecule has 0 radical (unpaired) electrons. The second-order valence-electron chi connectivity index (χ2n) is 3.81. The SMILES string of the molecule is Cc1nc(CNc2nc3ccccc3[nH]2)cs1. The van der Waals surface area contributed by atoms with Gasteiger partial charge in [0, 0.05) is 5.38 Å². The highest BCUT2D eigenvalue weighted by Crippen LogP contribution is 2.14. The van der Waals surface area contributed by atoms with Crippen LogP contribution in [0.4, 0.5) is 5.95 Å². The fourth-order valence-corrected chi connectivity index (χ4v) is 2.31. The first-order valence-corrected chi connectivity index (χ1v) is 6.29. The fraction of sp³-hybridized carbons (Fsp3) is 0.167. The van der Waals surface area contributed by atoms with Crippen LogP contribution in [0.2, 0.25) is 0 Å². The molecule has 0 amide bonds. The molecule has 1 aromatic carbocycles. The Labute approximate surface area is 103 Å². The van der Waals surface area contributed by atoms with Gasteiger partial charge in [-0.2, -0.15) is 0 Å². The number of fused-ring (bicyclic) bond motifs is 1. The van der Waals surface area contributed by atoms with E-state index in [4.69, 9.17) is 0 Å². The van der Waals surface area contributed by atoms with E-state index in [1.165, 1.54) is 0 Å². The van der Waals surface area contributed by atoms with Crippen molar-refractivity contribution >= 4 is 28.3 Å². The summed E-state index contributed by atoms with van der Waals surface area (Å²) in [6.07, 6.45) is 0. The molecule has 4 nitrogen and oxygen atoms in total. The van der Waals surface area contributed by atoms with Gasteiger partial charge < -0.3 is 10.3 Å². The van der Waals surface area contributed by atoms with Crippen molar-refractivity contribution in [3.63, 3.8) is 0 Å². The van der Waals surface area contributed by atoms with Gasteiger partial charge in [0.15, 0.2) is 0 Å². The quantitative estimate of drug-likeness (QED) is 0.744. The van der Waals surface area contributed by atoms with E-state index in [0.29, 0.717) is 6.54 Å². The summed E-state index contributed by atoms with van der Waals surface area (Å²) >= 11 is 1.66. The number of anilines is 1. The van der Waals surface area contributed by atoms with E-state index in [2.05, 4.69) is 25.6 Å². The molecule has 0 aliphatic heterocycles. The van der Waals surface area contributed by atoms with E-state index < -0.39 is 0 Å². The highest BCUT2D eigenvalue weighted by atomic mass is 32.1. The molecule has 3 rings (SSSR count). The molecule has 2 aromatic heterocycles. The number of rotatable bonds is 3. The van der Waals surface area contributed by atoms with Crippen molar-refractivity contribution in [2.24, 2.45) is 0 Å². The lowest BCUT2D eigenvalue weighted by atomic mass is 10.3. The Kier molecular flexibility index (Phi) is 2.53. The van der Waals surface area contributed by atoms with Crippen LogP contribution < -0.4 is 5.32 Å². The third-order valence-electron chi connectivity index (χ3n) is 2.49. The van der Waals surface area contributed by atoms with Gasteiger partial charge in [0.05, 0.1) is 28.3 Å². The van der Waals surface area contributed by atoms with Gasteiger partial charge in [-0.1, -0.05) is 12.1 Å². The van der Waals surface area contributed by atoms with Crippen LogP contribution in [0, 0.1) is 6.92 Å². The second kappa shape index (κ2) is 4.18. The third-order valence-corrected chi connectivity index (χ3v) is 3.32. The molecule has 0 aliphatic rings. The van der Waals surface area contributed by atoms with E-state index >= 15 is 0 Å². The summed E-state index contributed by atoms with van der Waals surface area (Å²) in [5.74, 6) is 0.789. The lowest BCUT2D eigenvalue weighted by Crippen LogP contribution is -2.00. The summed E-state index contributed by atoms with van der Waals surface area (Å²) in [7, 11) is 0. The van der Waals surface area contributed by atoms with Crippen molar-refractivity contribution in [2.75, 3.05) is 5.32 Å². The lowest BCUT2D eigenvalue weighted by Gasteiger charge is -1.98. The zero-order valence-corrected chi connectivity index (χ0v) is 10.2. The fourth-order valence-electron chi connectivity index (χ4n) is 1.70. The maximum absolute atomic E-state index is 4.44. The molecule has 5 heteroatoms. The summed E-state index contributed by atoms with van der Waals surface area (Å²) in [4.78, 5) is 12.1. The monoisotopic (exact) mass is 244 g/mol. The molecule has 0 fully saturated rings. The molecular weight excluding hydrogens is 232 g/mol. The highest BCUT2D eigenvalue weighted by Gasteiger charge is 2.02. The summed E-state index contributed by atoms with van der Waals surface area (Å²) in [5, 5.41) is 6.39. The summed E-state index contributed by atoms with van der Waals surface area (Å²) < 4.78 is 0. The molecular formula is C12H12N4S. The van der Waals surface area contributed by atoms with Gasteiger partial charge in [-0.25, -0.2) is 9.97 Å². The largest absolute Gasteiger partial charge is 0.350 e. The number of H-pyrrole nitrogens is 1. The van der Waals surface area contributed by atoms with Crippen LogP contribution in [0.3, 0.4) is 0 Å². The van der Waals surface area contributed by atoms with Gasteiger partial charge in [0.25, 0.3) is 0 Å². The highest BCUT2D eigenvalue weighted by molar-refractivity contribution is 7.09. The second-order valence-corrected chi connectivity index (χ2v) is 4.88. The molecule has 2 N–H and O–H groups in total. The summed E-state index contributed by atoms with van der Waals surface area (Å²) in [5.41, 5.74) is 3.07. The smallest absolute Gasteiger partial charge is 0.201 e. The van der Waals surface area contributed by atoms with Gasteiger partial charge in [0.1, 0.15) is 0 Å². The van der Waals surface area contributed by atoms with E-state index in [-0.39, 0.29) is 0 Å². The number of hydrogen-bond donors (Lipinski definition) is 2. The Morgan fingerprint density at radius 3 is 2.94 bits per heavy atom. The number of benzene rings is 1. The van der Waals surface area contributed by atoms with Crippen LogP contribution >= 0.6 is 11.3 Å². The maximum atomic E-state index is 4.44. The van der Waals surface area contributed by atoms with Crippen molar-refractivity contribution in [1.82, 2.24) is 15.0 Å². The number of thiazole rings is 1. The van der Waals surface area contributed by atoms with Crippen molar-refractivity contribution in [3.8, 4) is 0 Å². The Morgan fingerprint density at radius 2 is 2.18 bits per heavy atom. The molecule has 0 bridgehead atoms. The molecule has 0 atom stereocenters. The van der Waals surface area contributed by atoms with E-state index in [1.807, 2.05) is 31.2 Å². The Bertz CT molecular complexity index is 608. The standard InChI is InChI=1S/C12H12N4S/c1-8-14-9(7-17-8)6-13-12-15-10-4-2-3-5-11(10)16-12/h2-5,7H,6H2,1H3,(H2,13,15,16). The van der Waals surface area contributed by atoms with Gasteiger partial charge in [-0.15, -0.1) is 11.3 Å².